The van der Waals surface area contributed by atoms with Crippen molar-refractivity contribution in [3.05, 3.63) is 71.8 Å². The maximum absolute atomic E-state index is 13.3. The third-order valence-electron chi connectivity index (χ3n) is 7.48. The summed E-state index contributed by atoms with van der Waals surface area (Å²) in [5.41, 5.74) is 2.21. The summed E-state index contributed by atoms with van der Waals surface area (Å²) < 4.78 is 5.71. The lowest BCUT2D eigenvalue weighted by molar-refractivity contribution is -0.124. The predicted octanol–water partition coefficient (Wildman–Crippen LogP) is 3.81. The number of carbonyl (C=O) groups is 3. The number of carbonyl (C=O) groups excluding carboxylic acids is 3. The Morgan fingerprint density at radius 1 is 0.968 bits per heavy atom. The van der Waals surface area contributed by atoms with Crippen LogP contribution in [0, 0.1) is 42.4 Å². The normalized spacial score (nSPS) is 32.1. The van der Waals surface area contributed by atoms with Crippen LogP contribution >= 0.6 is 0 Å². The molecule has 3 fully saturated rings. The number of allylic oxidation sites excluding steroid dienone is 2. The first-order valence-electron chi connectivity index (χ1n) is 10.9. The summed E-state index contributed by atoms with van der Waals surface area (Å²) in [5.74, 6) is 1.29. The highest BCUT2D eigenvalue weighted by Crippen LogP contribution is 2.65. The number of rotatable bonds is 5. The van der Waals surface area contributed by atoms with Gasteiger partial charge < -0.3 is 4.74 Å². The van der Waals surface area contributed by atoms with Crippen molar-refractivity contribution in [2.45, 2.75) is 13.3 Å². The summed E-state index contributed by atoms with van der Waals surface area (Å²) in [6.07, 6.45) is 5.49. The minimum absolute atomic E-state index is 0.0902. The number of hydrogen-bond acceptors (Lipinski definition) is 4. The van der Waals surface area contributed by atoms with Gasteiger partial charge in [-0.15, -0.1) is 0 Å². The molecule has 0 spiro atoms. The van der Waals surface area contributed by atoms with Crippen LogP contribution in [0.3, 0.4) is 0 Å². The third-order valence-corrected chi connectivity index (χ3v) is 7.48. The van der Waals surface area contributed by atoms with E-state index in [-0.39, 0.29) is 47.9 Å². The Hall–Kier alpha value is -3.21. The van der Waals surface area contributed by atoms with Gasteiger partial charge in [0, 0.05) is 11.6 Å². The first-order chi connectivity index (χ1) is 15.0. The minimum Gasteiger partial charge on any atom is -0.485 e. The van der Waals surface area contributed by atoms with Gasteiger partial charge in [-0.1, -0.05) is 48.0 Å². The number of Topliss-reactive ketones (excluding diaryl/α,β-unsaturated/α-hetero) is 1. The fraction of sp³-hybridized carbons (Fsp3) is 0.346. The van der Waals surface area contributed by atoms with Crippen LogP contribution in [0.4, 0.5) is 5.69 Å². The Morgan fingerprint density at radius 2 is 1.61 bits per heavy atom. The van der Waals surface area contributed by atoms with Gasteiger partial charge in [0.1, 0.15) is 5.75 Å². The number of aryl methyl sites for hydroxylation is 1. The SMILES string of the molecule is Cc1ccc(C(=O)COc2cccc(N3C(=O)[C@@H]4[C@@H]5C=C[C@H]([C@@H]6C[C@H]56)[C@@H]4C3=O)c2)cc1. The van der Waals surface area contributed by atoms with Crippen molar-refractivity contribution >= 4 is 23.3 Å². The summed E-state index contributed by atoms with van der Waals surface area (Å²) >= 11 is 0. The smallest absolute Gasteiger partial charge is 0.238 e. The van der Waals surface area contributed by atoms with Crippen molar-refractivity contribution in [3.63, 3.8) is 0 Å². The number of nitrogens with zero attached hydrogens (tertiary/aromatic N) is 1. The molecule has 0 radical (unpaired) electrons. The molecule has 156 valence electrons. The maximum Gasteiger partial charge on any atom is 0.238 e. The molecule has 5 nitrogen and oxygen atoms in total. The van der Waals surface area contributed by atoms with Crippen molar-refractivity contribution in [3.8, 4) is 5.75 Å². The monoisotopic (exact) mass is 413 g/mol. The molecule has 1 heterocycles. The molecule has 0 N–H and O–H groups in total. The number of amides is 2. The van der Waals surface area contributed by atoms with E-state index in [1.54, 1.807) is 36.4 Å². The highest BCUT2D eigenvalue weighted by atomic mass is 16.5. The summed E-state index contributed by atoms with van der Waals surface area (Å²) in [7, 11) is 0. The van der Waals surface area contributed by atoms with Crippen molar-refractivity contribution in [2.75, 3.05) is 11.5 Å². The van der Waals surface area contributed by atoms with Crippen molar-refractivity contribution < 1.29 is 19.1 Å². The highest BCUT2D eigenvalue weighted by molar-refractivity contribution is 6.22. The molecule has 2 aromatic rings. The molecule has 5 heteroatoms. The zero-order valence-corrected chi connectivity index (χ0v) is 17.2. The number of hydrogen-bond donors (Lipinski definition) is 0. The van der Waals surface area contributed by atoms with Crippen LogP contribution in [0.2, 0.25) is 0 Å². The molecule has 7 rings (SSSR count). The number of anilines is 1. The van der Waals surface area contributed by atoms with E-state index in [0.717, 1.165) is 12.0 Å². The fourth-order valence-electron chi connectivity index (χ4n) is 5.90. The van der Waals surface area contributed by atoms with E-state index in [9.17, 15) is 14.4 Å². The molecule has 2 amide bonds. The molecule has 2 saturated carbocycles. The summed E-state index contributed by atoms with van der Waals surface area (Å²) in [4.78, 5) is 40.3. The molecule has 0 aromatic heterocycles. The van der Waals surface area contributed by atoms with E-state index in [4.69, 9.17) is 4.74 Å². The average molecular weight is 413 g/mol. The van der Waals surface area contributed by atoms with E-state index < -0.39 is 0 Å². The second kappa shape index (κ2) is 6.64. The van der Waals surface area contributed by atoms with Gasteiger partial charge in [0.25, 0.3) is 0 Å². The van der Waals surface area contributed by atoms with Gasteiger partial charge in [0.2, 0.25) is 11.8 Å². The van der Waals surface area contributed by atoms with Crippen molar-refractivity contribution in [2.24, 2.45) is 35.5 Å². The lowest BCUT2D eigenvalue weighted by atomic mass is 9.63. The molecule has 0 unspecified atom stereocenters. The molecule has 4 aliphatic carbocycles. The lowest BCUT2D eigenvalue weighted by Gasteiger charge is -2.37. The van der Waals surface area contributed by atoms with Crippen molar-refractivity contribution in [1.29, 1.82) is 0 Å². The Morgan fingerprint density at radius 3 is 2.26 bits per heavy atom. The van der Waals surface area contributed by atoms with Gasteiger partial charge in [-0.2, -0.15) is 0 Å². The molecule has 2 aromatic carbocycles. The molecule has 2 bridgehead atoms. The molecular formula is C26H23NO4. The largest absolute Gasteiger partial charge is 0.485 e. The second-order valence-electron chi connectivity index (χ2n) is 9.24. The molecular weight excluding hydrogens is 390 g/mol. The van der Waals surface area contributed by atoms with Gasteiger partial charge in [0.05, 0.1) is 17.5 Å². The second-order valence-corrected chi connectivity index (χ2v) is 9.24. The van der Waals surface area contributed by atoms with Crippen LogP contribution in [-0.4, -0.2) is 24.2 Å². The van der Waals surface area contributed by atoms with Crippen LogP contribution in [0.25, 0.3) is 0 Å². The fourth-order valence-corrected chi connectivity index (χ4v) is 5.90. The van der Waals surface area contributed by atoms with Crippen molar-refractivity contribution in [1.82, 2.24) is 0 Å². The number of ether oxygens (including phenoxy) is 1. The van der Waals surface area contributed by atoms with Gasteiger partial charge in [-0.3, -0.25) is 14.4 Å². The van der Waals surface area contributed by atoms with E-state index in [0.29, 0.717) is 28.8 Å². The molecule has 1 aliphatic heterocycles. The Bertz CT molecular complexity index is 1100. The molecule has 1 saturated heterocycles. The standard InChI is InChI=1S/C26H23NO4/c1-14-5-7-15(8-6-14)22(28)13-31-17-4-2-3-16(11-17)27-25(29)23-18-9-10-19(21-12-20(18)21)24(23)26(27)30/h2-11,18-21,23-24H,12-13H2,1H3/t18-,19-,20-,21+,23-,24+/m1/s1. The number of imide groups is 1. The zero-order chi connectivity index (χ0) is 21.3. The van der Waals surface area contributed by atoms with E-state index in [2.05, 4.69) is 12.2 Å². The highest BCUT2D eigenvalue weighted by Gasteiger charge is 2.67. The van der Waals surface area contributed by atoms with Gasteiger partial charge in [0.15, 0.2) is 12.4 Å². The van der Waals surface area contributed by atoms with Crippen LogP contribution in [0.5, 0.6) is 5.75 Å². The third kappa shape index (κ3) is 2.79. The number of benzene rings is 2. The van der Waals surface area contributed by atoms with Gasteiger partial charge >= 0.3 is 0 Å². The van der Waals surface area contributed by atoms with Gasteiger partial charge in [-0.05, 0) is 49.1 Å². The first kappa shape index (κ1) is 18.6. The van der Waals surface area contributed by atoms with Crippen LogP contribution in [0.1, 0.15) is 22.3 Å². The molecule has 31 heavy (non-hydrogen) atoms. The van der Waals surface area contributed by atoms with E-state index in [1.165, 1.54) is 4.90 Å². The minimum atomic E-state index is -0.223. The lowest BCUT2D eigenvalue weighted by Crippen LogP contribution is -2.40. The first-order valence-corrected chi connectivity index (χ1v) is 10.9. The average Bonchev–Trinajstić information content (AvgIpc) is 3.56. The predicted molar refractivity (Wildman–Crippen MR) is 115 cm³/mol. The Balaban J connectivity index is 1.20. The Kier molecular flexibility index (Phi) is 3.98. The summed E-state index contributed by atoms with van der Waals surface area (Å²) in [6, 6.07) is 14.3. The number of ketones is 1. The van der Waals surface area contributed by atoms with E-state index in [1.807, 2.05) is 19.1 Å². The molecule has 6 atom stereocenters. The zero-order valence-electron chi connectivity index (χ0n) is 17.2. The van der Waals surface area contributed by atoms with Gasteiger partial charge in [-0.25, -0.2) is 4.90 Å². The maximum atomic E-state index is 13.3. The van der Waals surface area contributed by atoms with Crippen LogP contribution < -0.4 is 9.64 Å². The van der Waals surface area contributed by atoms with Crippen LogP contribution in [0.15, 0.2) is 60.7 Å². The van der Waals surface area contributed by atoms with E-state index >= 15 is 0 Å². The summed E-state index contributed by atoms with van der Waals surface area (Å²) in [5, 5.41) is 0. The topological polar surface area (TPSA) is 63.7 Å². The summed E-state index contributed by atoms with van der Waals surface area (Å²) in [6.45, 7) is 1.87. The molecule has 5 aliphatic rings. The Labute approximate surface area is 180 Å². The van der Waals surface area contributed by atoms with Crippen LogP contribution in [-0.2, 0) is 9.59 Å². The quantitative estimate of drug-likeness (QED) is 0.425.